The molecule has 3 nitrogen and oxygen atoms in total. The lowest BCUT2D eigenvalue weighted by Gasteiger charge is -2.10. The van der Waals surface area contributed by atoms with Crippen LogP contribution in [0.1, 0.15) is 21.5 Å². The summed E-state index contributed by atoms with van der Waals surface area (Å²) in [6, 6.07) is 19.6. The lowest BCUT2D eigenvalue weighted by molar-refractivity contribution is 0.0951. The molecular formula is C21H16Cl3NO2. The predicted molar refractivity (Wildman–Crippen MR) is 110 cm³/mol. The summed E-state index contributed by atoms with van der Waals surface area (Å²) in [5, 5.41) is 4.57. The molecule has 1 amide bonds. The van der Waals surface area contributed by atoms with E-state index < -0.39 is 0 Å². The van der Waals surface area contributed by atoms with E-state index in [-0.39, 0.29) is 5.91 Å². The molecule has 3 aromatic rings. The van der Waals surface area contributed by atoms with Gasteiger partial charge in [0.05, 0.1) is 0 Å². The van der Waals surface area contributed by atoms with Gasteiger partial charge in [-0.25, -0.2) is 0 Å². The van der Waals surface area contributed by atoms with Crippen molar-refractivity contribution in [3.05, 3.63) is 98.5 Å². The van der Waals surface area contributed by atoms with Crippen LogP contribution in [0.3, 0.4) is 0 Å². The Morgan fingerprint density at radius 2 is 1.59 bits per heavy atom. The first-order valence-corrected chi connectivity index (χ1v) is 9.35. The highest BCUT2D eigenvalue weighted by atomic mass is 35.5. The first-order chi connectivity index (χ1) is 13.0. The van der Waals surface area contributed by atoms with E-state index in [0.29, 0.717) is 39.5 Å². The molecule has 0 unspecified atom stereocenters. The Labute approximate surface area is 172 Å². The molecule has 138 valence electrons. The molecule has 27 heavy (non-hydrogen) atoms. The molecule has 0 radical (unpaired) electrons. The Kier molecular flexibility index (Phi) is 6.62. The van der Waals surface area contributed by atoms with Crippen molar-refractivity contribution < 1.29 is 9.53 Å². The van der Waals surface area contributed by atoms with E-state index in [0.717, 1.165) is 11.1 Å². The average molecular weight is 421 g/mol. The normalized spacial score (nSPS) is 10.5. The first kappa shape index (κ1) is 19.6. The lowest BCUT2D eigenvalue weighted by atomic mass is 10.2. The third kappa shape index (κ3) is 5.39. The van der Waals surface area contributed by atoms with Gasteiger partial charge in [0.1, 0.15) is 12.4 Å². The average Bonchev–Trinajstić information content (AvgIpc) is 2.67. The maximum absolute atomic E-state index is 12.3. The zero-order valence-corrected chi connectivity index (χ0v) is 16.5. The van der Waals surface area contributed by atoms with Crippen LogP contribution < -0.4 is 10.1 Å². The van der Waals surface area contributed by atoms with Crippen LogP contribution in [-0.2, 0) is 13.2 Å². The highest BCUT2D eigenvalue weighted by Gasteiger charge is 2.08. The second kappa shape index (κ2) is 9.14. The Morgan fingerprint density at radius 3 is 2.30 bits per heavy atom. The molecule has 0 bridgehead atoms. The summed E-state index contributed by atoms with van der Waals surface area (Å²) in [5.41, 5.74) is 2.24. The van der Waals surface area contributed by atoms with Gasteiger partial charge in [0.15, 0.2) is 0 Å². The van der Waals surface area contributed by atoms with Crippen molar-refractivity contribution in [3.63, 3.8) is 0 Å². The number of ether oxygens (including phenoxy) is 1. The molecule has 3 rings (SSSR count). The highest BCUT2D eigenvalue weighted by molar-refractivity contribution is 6.35. The molecule has 0 aromatic heterocycles. The van der Waals surface area contributed by atoms with E-state index in [4.69, 9.17) is 39.5 Å². The number of amides is 1. The van der Waals surface area contributed by atoms with E-state index >= 15 is 0 Å². The predicted octanol–water partition coefficient (Wildman–Crippen LogP) is 6.16. The van der Waals surface area contributed by atoms with Crippen molar-refractivity contribution in [2.24, 2.45) is 0 Å². The van der Waals surface area contributed by atoms with Gasteiger partial charge < -0.3 is 10.1 Å². The maximum atomic E-state index is 12.3. The van der Waals surface area contributed by atoms with Crippen LogP contribution in [0.15, 0.2) is 66.7 Å². The minimum atomic E-state index is -0.196. The van der Waals surface area contributed by atoms with Gasteiger partial charge in [-0.15, -0.1) is 0 Å². The van der Waals surface area contributed by atoms with Crippen molar-refractivity contribution in [1.29, 1.82) is 0 Å². The third-order valence-electron chi connectivity index (χ3n) is 3.92. The van der Waals surface area contributed by atoms with Crippen molar-refractivity contribution in [2.45, 2.75) is 13.2 Å². The largest absolute Gasteiger partial charge is 0.489 e. The van der Waals surface area contributed by atoms with E-state index in [1.165, 1.54) is 0 Å². The molecule has 0 heterocycles. The molecule has 0 aliphatic carbocycles. The number of carbonyl (C=O) groups is 1. The Bertz CT molecular complexity index is 942. The smallest absolute Gasteiger partial charge is 0.251 e. The van der Waals surface area contributed by atoms with Crippen LogP contribution in [0.5, 0.6) is 5.75 Å². The SMILES string of the molecule is O=C(NCc1ccc(Cl)cc1Cl)c1ccc(OCc2ccccc2Cl)cc1. The molecule has 0 atom stereocenters. The van der Waals surface area contributed by atoms with E-state index in [1.54, 1.807) is 42.5 Å². The summed E-state index contributed by atoms with van der Waals surface area (Å²) in [7, 11) is 0. The fourth-order valence-corrected chi connectivity index (χ4v) is 3.09. The van der Waals surface area contributed by atoms with Gasteiger partial charge in [0, 0.05) is 32.7 Å². The number of hydrogen-bond donors (Lipinski definition) is 1. The standard InChI is InChI=1S/C21H16Cl3NO2/c22-17-8-5-15(20(24)11-17)12-25-21(26)14-6-9-18(10-7-14)27-13-16-3-1-2-4-19(16)23/h1-11H,12-13H2,(H,25,26). The summed E-state index contributed by atoms with van der Waals surface area (Å²) in [6.45, 7) is 0.680. The summed E-state index contributed by atoms with van der Waals surface area (Å²) in [5.74, 6) is 0.464. The molecule has 0 spiro atoms. The number of hydrogen-bond acceptors (Lipinski definition) is 2. The lowest BCUT2D eigenvalue weighted by Crippen LogP contribution is -2.22. The summed E-state index contributed by atoms with van der Waals surface area (Å²) in [6.07, 6.45) is 0. The number of rotatable bonds is 6. The van der Waals surface area contributed by atoms with Gasteiger partial charge in [0.25, 0.3) is 5.91 Å². The van der Waals surface area contributed by atoms with Gasteiger partial charge >= 0.3 is 0 Å². The topological polar surface area (TPSA) is 38.3 Å². The Balaban J connectivity index is 1.56. The molecule has 0 aliphatic rings. The molecule has 6 heteroatoms. The fraction of sp³-hybridized carbons (Fsp3) is 0.0952. The molecule has 0 fully saturated rings. The van der Waals surface area contributed by atoms with E-state index in [9.17, 15) is 4.79 Å². The third-order valence-corrected chi connectivity index (χ3v) is 4.88. The molecule has 0 saturated carbocycles. The van der Waals surface area contributed by atoms with Crippen molar-refractivity contribution in [2.75, 3.05) is 0 Å². The summed E-state index contributed by atoms with van der Waals surface area (Å²) in [4.78, 5) is 12.3. The van der Waals surface area contributed by atoms with Crippen molar-refractivity contribution in [3.8, 4) is 5.75 Å². The second-order valence-corrected chi connectivity index (χ2v) is 7.07. The number of benzene rings is 3. The van der Waals surface area contributed by atoms with Gasteiger partial charge in [-0.3, -0.25) is 4.79 Å². The van der Waals surface area contributed by atoms with Crippen LogP contribution in [-0.4, -0.2) is 5.91 Å². The zero-order valence-electron chi connectivity index (χ0n) is 14.2. The Hall–Kier alpha value is -2.20. The van der Waals surface area contributed by atoms with Crippen LogP contribution in [0.2, 0.25) is 15.1 Å². The second-order valence-electron chi connectivity index (χ2n) is 5.82. The molecular weight excluding hydrogens is 405 g/mol. The van der Waals surface area contributed by atoms with Crippen LogP contribution in [0.4, 0.5) is 0 Å². The number of carbonyl (C=O) groups excluding carboxylic acids is 1. The minimum absolute atomic E-state index is 0.196. The first-order valence-electron chi connectivity index (χ1n) is 8.21. The molecule has 1 N–H and O–H groups in total. The van der Waals surface area contributed by atoms with E-state index in [1.807, 2.05) is 24.3 Å². The van der Waals surface area contributed by atoms with Crippen LogP contribution in [0, 0.1) is 0 Å². The molecule has 0 saturated heterocycles. The Morgan fingerprint density at radius 1 is 0.852 bits per heavy atom. The number of halogens is 3. The summed E-state index contributed by atoms with van der Waals surface area (Å²) >= 11 is 18.1. The maximum Gasteiger partial charge on any atom is 0.251 e. The van der Waals surface area contributed by atoms with Crippen LogP contribution in [0.25, 0.3) is 0 Å². The minimum Gasteiger partial charge on any atom is -0.489 e. The molecule has 0 aliphatic heterocycles. The van der Waals surface area contributed by atoms with Gasteiger partial charge in [-0.05, 0) is 48.0 Å². The summed E-state index contributed by atoms with van der Waals surface area (Å²) < 4.78 is 5.72. The van der Waals surface area contributed by atoms with Crippen molar-refractivity contribution >= 4 is 40.7 Å². The van der Waals surface area contributed by atoms with Crippen LogP contribution >= 0.6 is 34.8 Å². The fourth-order valence-electron chi connectivity index (χ4n) is 2.42. The van der Waals surface area contributed by atoms with Crippen molar-refractivity contribution in [1.82, 2.24) is 5.32 Å². The highest BCUT2D eigenvalue weighted by Crippen LogP contribution is 2.21. The monoisotopic (exact) mass is 419 g/mol. The zero-order chi connectivity index (χ0) is 19.2. The van der Waals surface area contributed by atoms with Gasteiger partial charge in [-0.2, -0.15) is 0 Å². The van der Waals surface area contributed by atoms with E-state index in [2.05, 4.69) is 5.32 Å². The quantitative estimate of drug-likeness (QED) is 0.519. The molecule has 3 aromatic carbocycles. The van der Waals surface area contributed by atoms with Gasteiger partial charge in [0.2, 0.25) is 0 Å². The number of nitrogens with one attached hydrogen (secondary N) is 1. The van der Waals surface area contributed by atoms with Gasteiger partial charge in [-0.1, -0.05) is 59.1 Å².